The van der Waals surface area contributed by atoms with Crippen molar-refractivity contribution in [2.75, 3.05) is 20.7 Å². The molecular formula is C15H20N2O2. The van der Waals surface area contributed by atoms with Crippen LogP contribution in [0, 0.1) is 11.3 Å². The molecule has 0 aliphatic carbocycles. The minimum atomic E-state index is -0.145. The smallest absolute Gasteiger partial charge is 0.236 e. The molecule has 0 bridgehead atoms. The van der Waals surface area contributed by atoms with Crippen LogP contribution in [0.1, 0.15) is 24.5 Å². The normalized spacial score (nSPS) is 9.79. The molecule has 0 fully saturated rings. The van der Waals surface area contributed by atoms with Gasteiger partial charge in [0.1, 0.15) is 12.2 Å². The van der Waals surface area contributed by atoms with Gasteiger partial charge in [-0.1, -0.05) is 19.1 Å². The number of carbonyl (C=O) groups excluding carboxylic acids is 1. The van der Waals surface area contributed by atoms with Crippen molar-refractivity contribution in [3.05, 3.63) is 29.3 Å². The Kier molecular flexibility index (Phi) is 5.87. The summed E-state index contributed by atoms with van der Waals surface area (Å²) in [5.74, 6) is 0.700. The summed E-state index contributed by atoms with van der Waals surface area (Å²) in [7, 11) is 3.37. The monoisotopic (exact) mass is 260 g/mol. The Morgan fingerprint density at radius 2 is 2.21 bits per heavy atom. The number of hydrogen-bond acceptors (Lipinski definition) is 3. The zero-order chi connectivity index (χ0) is 14.3. The van der Waals surface area contributed by atoms with Gasteiger partial charge in [-0.2, -0.15) is 5.26 Å². The number of benzene rings is 1. The molecule has 1 aromatic carbocycles. The van der Waals surface area contributed by atoms with Crippen molar-refractivity contribution in [2.45, 2.75) is 26.2 Å². The van der Waals surface area contributed by atoms with E-state index in [0.29, 0.717) is 6.54 Å². The zero-order valence-electron chi connectivity index (χ0n) is 11.8. The summed E-state index contributed by atoms with van der Waals surface area (Å²) in [6.07, 6.45) is 1.63. The molecule has 19 heavy (non-hydrogen) atoms. The molecule has 0 radical (unpaired) electrons. The second-order valence-corrected chi connectivity index (χ2v) is 4.40. The summed E-state index contributed by atoms with van der Waals surface area (Å²) in [4.78, 5) is 13.1. The van der Waals surface area contributed by atoms with Crippen molar-refractivity contribution < 1.29 is 9.53 Å². The van der Waals surface area contributed by atoms with Gasteiger partial charge in [-0.25, -0.2) is 0 Å². The second kappa shape index (κ2) is 7.42. The molecule has 4 heteroatoms. The molecule has 4 nitrogen and oxygen atoms in total. The van der Waals surface area contributed by atoms with Gasteiger partial charge in [0.05, 0.1) is 13.2 Å². The van der Waals surface area contributed by atoms with Crippen LogP contribution in [0.15, 0.2) is 18.2 Å². The predicted octanol–water partition coefficient (Wildman–Crippen LogP) is 2.17. The molecule has 0 aromatic heterocycles. The topological polar surface area (TPSA) is 53.3 Å². The molecular weight excluding hydrogens is 240 g/mol. The maximum atomic E-state index is 11.5. The average Bonchev–Trinajstić information content (AvgIpc) is 2.44. The van der Waals surface area contributed by atoms with Crippen molar-refractivity contribution in [1.82, 2.24) is 4.90 Å². The Balaban J connectivity index is 2.71. The minimum absolute atomic E-state index is 0.0668. The van der Waals surface area contributed by atoms with Crippen LogP contribution in [-0.4, -0.2) is 31.5 Å². The van der Waals surface area contributed by atoms with E-state index in [9.17, 15) is 4.79 Å². The van der Waals surface area contributed by atoms with Crippen LogP contribution in [0.5, 0.6) is 5.75 Å². The molecule has 0 N–H and O–H groups in total. The molecule has 0 saturated carbocycles. The van der Waals surface area contributed by atoms with Crippen molar-refractivity contribution >= 4 is 5.91 Å². The molecule has 1 amide bonds. The second-order valence-electron chi connectivity index (χ2n) is 4.40. The van der Waals surface area contributed by atoms with Gasteiger partial charge in [0, 0.05) is 13.6 Å². The number of hydrogen-bond donors (Lipinski definition) is 0. The lowest BCUT2D eigenvalue weighted by atomic mass is 10.0. The summed E-state index contributed by atoms with van der Waals surface area (Å²) < 4.78 is 5.33. The molecule has 0 aliphatic rings. The molecule has 0 heterocycles. The number of methoxy groups -OCH3 is 1. The fourth-order valence-corrected chi connectivity index (χ4v) is 1.86. The number of rotatable bonds is 6. The third-order valence-corrected chi connectivity index (χ3v) is 3.13. The molecule has 0 atom stereocenters. The zero-order valence-corrected chi connectivity index (χ0v) is 11.8. The van der Waals surface area contributed by atoms with Crippen LogP contribution in [0.3, 0.4) is 0 Å². The van der Waals surface area contributed by atoms with Gasteiger partial charge in [0.15, 0.2) is 0 Å². The largest absolute Gasteiger partial charge is 0.496 e. The molecule has 0 aliphatic heterocycles. The summed E-state index contributed by atoms with van der Waals surface area (Å²) in [6, 6.07) is 8.00. The summed E-state index contributed by atoms with van der Waals surface area (Å²) in [6.45, 7) is 2.69. The van der Waals surface area contributed by atoms with Crippen LogP contribution in [-0.2, 0) is 17.6 Å². The summed E-state index contributed by atoms with van der Waals surface area (Å²) >= 11 is 0. The van der Waals surface area contributed by atoms with Gasteiger partial charge < -0.3 is 9.64 Å². The highest BCUT2D eigenvalue weighted by Gasteiger charge is 2.10. The van der Waals surface area contributed by atoms with Gasteiger partial charge in [0.25, 0.3) is 0 Å². The van der Waals surface area contributed by atoms with E-state index in [2.05, 4.69) is 13.0 Å². The predicted molar refractivity (Wildman–Crippen MR) is 73.9 cm³/mol. The first kappa shape index (κ1) is 15.0. The van der Waals surface area contributed by atoms with Crippen LogP contribution in [0.4, 0.5) is 0 Å². The van der Waals surface area contributed by atoms with Gasteiger partial charge in [-0.15, -0.1) is 0 Å². The third kappa shape index (κ3) is 4.29. The van der Waals surface area contributed by atoms with Crippen molar-refractivity contribution in [3.63, 3.8) is 0 Å². The Morgan fingerprint density at radius 1 is 1.47 bits per heavy atom. The average molecular weight is 260 g/mol. The van der Waals surface area contributed by atoms with Gasteiger partial charge >= 0.3 is 0 Å². The molecule has 0 unspecified atom stereocenters. The van der Waals surface area contributed by atoms with Crippen molar-refractivity contribution in [2.24, 2.45) is 0 Å². The molecule has 102 valence electrons. The lowest BCUT2D eigenvalue weighted by molar-refractivity contribution is -0.128. The molecule has 0 spiro atoms. The van der Waals surface area contributed by atoms with Gasteiger partial charge in [-0.3, -0.25) is 4.79 Å². The first-order valence-electron chi connectivity index (χ1n) is 6.39. The number of likely N-dealkylation sites (N-methyl/N-ethyl adjacent to an activating group) is 1. The van der Waals surface area contributed by atoms with Crippen LogP contribution in [0.25, 0.3) is 0 Å². The van der Waals surface area contributed by atoms with E-state index < -0.39 is 0 Å². The fourth-order valence-electron chi connectivity index (χ4n) is 1.86. The van der Waals surface area contributed by atoms with Crippen LogP contribution >= 0.6 is 0 Å². The van der Waals surface area contributed by atoms with E-state index in [-0.39, 0.29) is 12.3 Å². The maximum absolute atomic E-state index is 11.5. The lowest BCUT2D eigenvalue weighted by Gasteiger charge is -2.17. The lowest BCUT2D eigenvalue weighted by Crippen LogP contribution is -2.28. The number of carbonyl (C=O) groups is 1. The van der Waals surface area contributed by atoms with Crippen molar-refractivity contribution in [3.8, 4) is 11.8 Å². The quantitative estimate of drug-likeness (QED) is 0.787. The molecule has 0 saturated heterocycles. The van der Waals surface area contributed by atoms with Crippen LogP contribution in [0.2, 0.25) is 0 Å². The Labute approximate surface area is 114 Å². The summed E-state index contributed by atoms with van der Waals surface area (Å²) in [5.41, 5.74) is 2.35. The molecule has 1 aromatic rings. The van der Waals surface area contributed by atoms with Gasteiger partial charge in [0.2, 0.25) is 5.91 Å². The highest BCUT2D eigenvalue weighted by Crippen LogP contribution is 2.21. The SMILES string of the molecule is CCc1ccc(OC)c(CCN(C)C(=O)CC#N)c1. The van der Waals surface area contributed by atoms with Gasteiger partial charge in [-0.05, 0) is 30.0 Å². The van der Waals surface area contributed by atoms with E-state index >= 15 is 0 Å². The van der Waals surface area contributed by atoms with E-state index in [1.165, 1.54) is 5.56 Å². The van der Waals surface area contributed by atoms with E-state index in [0.717, 1.165) is 24.2 Å². The third-order valence-electron chi connectivity index (χ3n) is 3.13. The minimum Gasteiger partial charge on any atom is -0.496 e. The fraction of sp³-hybridized carbons (Fsp3) is 0.467. The number of aryl methyl sites for hydroxylation is 1. The first-order chi connectivity index (χ1) is 9.12. The van der Waals surface area contributed by atoms with E-state index in [4.69, 9.17) is 10.00 Å². The maximum Gasteiger partial charge on any atom is 0.236 e. The Morgan fingerprint density at radius 3 is 2.79 bits per heavy atom. The standard InChI is InChI=1S/C15H20N2O2/c1-4-12-5-6-14(19-3)13(11-12)8-10-17(2)15(18)7-9-16/h5-6,11H,4,7-8,10H2,1-3H3. The Hall–Kier alpha value is -2.02. The number of nitrogens with zero attached hydrogens (tertiary/aromatic N) is 2. The molecule has 1 rings (SSSR count). The van der Waals surface area contributed by atoms with Crippen molar-refractivity contribution in [1.29, 1.82) is 5.26 Å². The highest BCUT2D eigenvalue weighted by molar-refractivity contribution is 5.77. The van der Waals surface area contributed by atoms with E-state index in [1.807, 2.05) is 18.2 Å². The summed E-state index contributed by atoms with van der Waals surface area (Å²) in [5, 5.41) is 8.50. The van der Waals surface area contributed by atoms with E-state index in [1.54, 1.807) is 19.1 Å². The van der Waals surface area contributed by atoms with Crippen LogP contribution < -0.4 is 4.74 Å². The first-order valence-corrected chi connectivity index (χ1v) is 6.39. The Bertz CT molecular complexity index is 478. The highest BCUT2D eigenvalue weighted by atomic mass is 16.5. The number of ether oxygens (including phenoxy) is 1. The number of nitriles is 1. The number of amides is 1.